The number of thiazole rings is 1. The Morgan fingerprint density at radius 3 is 2.74 bits per heavy atom. The second-order valence-electron chi connectivity index (χ2n) is 4.08. The van der Waals surface area contributed by atoms with Crippen LogP contribution in [0.4, 0.5) is 4.39 Å². The Morgan fingerprint density at radius 2 is 2.16 bits per heavy atom. The van der Waals surface area contributed by atoms with Crippen molar-refractivity contribution in [1.29, 1.82) is 0 Å². The van der Waals surface area contributed by atoms with E-state index in [1.807, 2.05) is 6.92 Å². The van der Waals surface area contributed by atoms with Crippen LogP contribution in [0.15, 0.2) is 29.6 Å². The van der Waals surface area contributed by atoms with Crippen molar-refractivity contribution in [2.75, 3.05) is 0 Å². The molecule has 1 unspecified atom stereocenters. The summed E-state index contributed by atoms with van der Waals surface area (Å²) in [6.45, 7) is 2.16. The maximum absolute atomic E-state index is 12.8. The van der Waals surface area contributed by atoms with Gasteiger partial charge < -0.3 is 11.1 Å². The summed E-state index contributed by atoms with van der Waals surface area (Å²) in [4.78, 5) is 16.1. The fourth-order valence-electron chi connectivity index (χ4n) is 1.61. The van der Waals surface area contributed by atoms with Crippen LogP contribution in [0.2, 0.25) is 0 Å². The minimum Gasteiger partial charge on any atom is -0.344 e. The lowest BCUT2D eigenvalue weighted by Crippen LogP contribution is -2.27. The number of carbonyl (C=O) groups excluding carboxylic acids is 1. The molecule has 6 heteroatoms. The van der Waals surface area contributed by atoms with Gasteiger partial charge in [0.15, 0.2) is 0 Å². The van der Waals surface area contributed by atoms with Gasteiger partial charge in [-0.05, 0) is 24.6 Å². The van der Waals surface area contributed by atoms with Crippen LogP contribution in [-0.2, 0) is 6.54 Å². The van der Waals surface area contributed by atoms with Crippen LogP contribution in [-0.4, -0.2) is 10.9 Å². The van der Waals surface area contributed by atoms with E-state index in [0.717, 1.165) is 10.6 Å². The predicted octanol–water partition coefficient (Wildman–Crippen LogP) is 2.23. The van der Waals surface area contributed by atoms with Crippen molar-refractivity contribution < 1.29 is 9.18 Å². The largest absolute Gasteiger partial charge is 0.344 e. The molecular formula is C13H14FN3OS. The molecule has 4 nitrogen and oxygen atoms in total. The van der Waals surface area contributed by atoms with E-state index in [2.05, 4.69) is 10.3 Å². The third kappa shape index (κ3) is 3.36. The predicted molar refractivity (Wildman–Crippen MR) is 72.3 cm³/mol. The Hall–Kier alpha value is -1.79. The molecule has 0 fully saturated rings. The third-order valence-electron chi connectivity index (χ3n) is 2.68. The van der Waals surface area contributed by atoms with Gasteiger partial charge in [0.05, 0.1) is 6.04 Å². The lowest BCUT2D eigenvalue weighted by Gasteiger charge is -2.13. The number of rotatable bonds is 4. The van der Waals surface area contributed by atoms with Gasteiger partial charge in [-0.3, -0.25) is 4.79 Å². The number of benzene rings is 1. The van der Waals surface area contributed by atoms with Gasteiger partial charge in [-0.25, -0.2) is 9.37 Å². The molecule has 0 saturated carbocycles. The van der Waals surface area contributed by atoms with Crippen molar-refractivity contribution >= 4 is 17.2 Å². The van der Waals surface area contributed by atoms with Gasteiger partial charge in [0, 0.05) is 11.9 Å². The van der Waals surface area contributed by atoms with Crippen LogP contribution in [0.25, 0.3) is 0 Å². The summed E-state index contributed by atoms with van der Waals surface area (Å²) >= 11 is 1.36. The van der Waals surface area contributed by atoms with E-state index in [9.17, 15) is 9.18 Å². The second kappa shape index (κ2) is 5.90. The van der Waals surface area contributed by atoms with Crippen LogP contribution in [0, 0.1) is 5.82 Å². The molecule has 0 radical (unpaired) electrons. The lowest BCUT2D eigenvalue weighted by atomic mass is 10.1. The molecule has 100 valence electrons. The number of carbonyl (C=O) groups is 1. The molecule has 2 aromatic rings. The molecule has 19 heavy (non-hydrogen) atoms. The Bertz CT molecular complexity index is 568. The molecule has 1 heterocycles. The molecule has 1 amide bonds. The SMILES string of the molecule is CC(NC(=O)c1csc(CN)n1)c1ccc(F)cc1. The zero-order chi connectivity index (χ0) is 13.8. The highest BCUT2D eigenvalue weighted by Gasteiger charge is 2.14. The minimum absolute atomic E-state index is 0.212. The summed E-state index contributed by atoms with van der Waals surface area (Å²) in [6, 6.07) is 5.82. The first-order chi connectivity index (χ1) is 9.10. The smallest absolute Gasteiger partial charge is 0.271 e. The van der Waals surface area contributed by atoms with Gasteiger partial charge in [0.25, 0.3) is 5.91 Å². The summed E-state index contributed by atoms with van der Waals surface area (Å²) in [5.74, 6) is -0.554. The van der Waals surface area contributed by atoms with Gasteiger partial charge in [0.2, 0.25) is 0 Å². The normalized spacial score (nSPS) is 12.2. The molecule has 0 aliphatic heterocycles. The number of aromatic nitrogens is 1. The topological polar surface area (TPSA) is 68.0 Å². The number of hydrogen-bond donors (Lipinski definition) is 2. The van der Waals surface area contributed by atoms with Crippen LogP contribution < -0.4 is 11.1 Å². The zero-order valence-electron chi connectivity index (χ0n) is 10.4. The Balaban J connectivity index is 2.04. The standard InChI is InChI=1S/C13H14FN3OS/c1-8(9-2-4-10(14)5-3-9)16-13(18)11-7-19-12(6-15)17-11/h2-5,7-8H,6,15H2,1H3,(H,16,18). The Morgan fingerprint density at radius 1 is 1.47 bits per heavy atom. The third-order valence-corrected chi connectivity index (χ3v) is 3.55. The summed E-state index contributed by atoms with van der Waals surface area (Å²) in [6.07, 6.45) is 0. The molecule has 1 aromatic carbocycles. The van der Waals surface area contributed by atoms with Crippen molar-refractivity contribution in [3.05, 3.63) is 51.7 Å². The Labute approximate surface area is 114 Å². The highest BCUT2D eigenvalue weighted by Crippen LogP contribution is 2.15. The summed E-state index contributed by atoms with van der Waals surface area (Å²) in [7, 11) is 0. The first-order valence-electron chi connectivity index (χ1n) is 5.81. The molecule has 0 spiro atoms. The molecule has 0 bridgehead atoms. The van der Waals surface area contributed by atoms with E-state index >= 15 is 0 Å². The van der Waals surface area contributed by atoms with Crippen LogP contribution in [0.3, 0.4) is 0 Å². The van der Waals surface area contributed by atoms with Crippen molar-refractivity contribution in [2.45, 2.75) is 19.5 Å². The first-order valence-corrected chi connectivity index (χ1v) is 6.69. The van der Waals surface area contributed by atoms with Crippen molar-refractivity contribution in [3.8, 4) is 0 Å². The van der Waals surface area contributed by atoms with Crippen LogP contribution >= 0.6 is 11.3 Å². The zero-order valence-corrected chi connectivity index (χ0v) is 11.2. The van der Waals surface area contributed by atoms with Crippen molar-refractivity contribution in [2.24, 2.45) is 5.73 Å². The monoisotopic (exact) mass is 279 g/mol. The van der Waals surface area contributed by atoms with Gasteiger partial charge in [-0.1, -0.05) is 12.1 Å². The number of amides is 1. The van der Waals surface area contributed by atoms with Gasteiger partial charge >= 0.3 is 0 Å². The van der Waals surface area contributed by atoms with Crippen molar-refractivity contribution in [3.63, 3.8) is 0 Å². The fourth-order valence-corrected chi connectivity index (χ4v) is 2.27. The van der Waals surface area contributed by atoms with E-state index in [1.54, 1.807) is 17.5 Å². The van der Waals surface area contributed by atoms with Crippen molar-refractivity contribution in [1.82, 2.24) is 10.3 Å². The van der Waals surface area contributed by atoms with E-state index < -0.39 is 0 Å². The lowest BCUT2D eigenvalue weighted by molar-refractivity contribution is 0.0935. The minimum atomic E-state index is -0.297. The highest BCUT2D eigenvalue weighted by atomic mass is 32.1. The quantitative estimate of drug-likeness (QED) is 0.901. The average Bonchev–Trinajstić information content (AvgIpc) is 2.88. The highest BCUT2D eigenvalue weighted by molar-refractivity contribution is 7.09. The molecule has 3 N–H and O–H groups in total. The summed E-state index contributed by atoms with van der Waals surface area (Å²) < 4.78 is 12.8. The van der Waals surface area contributed by atoms with Gasteiger partial charge in [-0.15, -0.1) is 11.3 Å². The summed E-state index contributed by atoms with van der Waals surface area (Å²) in [5.41, 5.74) is 6.65. The maximum Gasteiger partial charge on any atom is 0.271 e. The first kappa shape index (κ1) is 13.6. The number of nitrogens with two attached hydrogens (primary N) is 1. The van der Waals surface area contributed by atoms with Gasteiger partial charge in [0.1, 0.15) is 16.5 Å². The maximum atomic E-state index is 12.8. The number of hydrogen-bond acceptors (Lipinski definition) is 4. The number of halogens is 1. The second-order valence-corrected chi connectivity index (χ2v) is 5.02. The van der Waals surface area contributed by atoms with Crippen LogP contribution in [0.5, 0.6) is 0 Å². The average molecular weight is 279 g/mol. The number of nitrogens with zero attached hydrogens (tertiary/aromatic N) is 1. The number of nitrogens with one attached hydrogen (secondary N) is 1. The van der Waals surface area contributed by atoms with E-state index in [0.29, 0.717) is 12.2 Å². The van der Waals surface area contributed by atoms with Gasteiger partial charge in [-0.2, -0.15) is 0 Å². The molecular weight excluding hydrogens is 265 g/mol. The summed E-state index contributed by atoms with van der Waals surface area (Å²) in [5, 5.41) is 5.21. The van der Waals surface area contributed by atoms with E-state index in [-0.39, 0.29) is 17.8 Å². The molecule has 0 aliphatic rings. The Kier molecular flexibility index (Phi) is 4.24. The van der Waals surface area contributed by atoms with E-state index in [4.69, 9.17) is 5.73 Å². The molecule has 0 aliphatic carbocycles. The van der Waals surface area contributed by atoms with E-state index in [1.165, 1.54) is 23.5 Å². The molecule has 1 atom stereocenters. The van der Waals surface area contributed by atoms with Crippen LogP contribution in [0.1, 0.15) is 34.0 Å². The molecule has 0 saturated heterocycles. The fraction of sp³-hybridized carbons (Fsp3) is 0.231. The molecule has 1 aromatic heterocycles. The molecule has 2 rings (SSSR count).